The molecule has 0 unspecified atom stereocenters. The van der Waals surface area contributed by atoms with E-state index in [0.717, 1.165) is 27.6 Å². The van der Waals surface area contributed by atoms with Gasteiger partial charge in [0.1, 0.15) is 6.61 Å². The van der Waals surface area contributed by atoms with Gasteiger partial charge in [-0.15, -0.1) is 0 Å². The molecule has 0 aliphatic carbocycles. The summed E-state index contributed by atoms with van der Waals surface area (Å²) in [6, 6.07) is 22.6. The van der Waals surface area contributed by atoms with Crippen molar-refractivity contribution in [2.24, 2.45) is 10.4 Å². The lowest BCUT2D eigenvalue weighted by Gasteiger charge is -2.25. The second kappa shape index (κ2) is 12.6. The summed E-state index contributed by atoms with van der Waals surface area (Å²) in [5.41, 5.74) is 3.04. The van der Waals surface area contributed by atoms with E-state index in [1.165, 1.54) is 10.6 Å². The molecule has 0 saturated heterocycles. The van der Waals surface area contributed by atoms with Gasteiger partial charge in [0, 0.05) is 11.6 Å². The Morgan fingerprint density at radius 2 is 1.37 bits per heavy atom. The standard InChI is InChI=1S/C35H34F4NO2P/c1-21-10-6-8-12-28(21)43(29-13-9-7-11-22(29)2)30-16-23(14-15-24(30)34-40-31(20-42-34)35(3,4)5)18-41-19-25-32(38)26(36)17-27(37)33(25)39/h6-17,31H,18-20H2,1-5H3/t31-/m1/s1. The van der Waals surface area contributed by atoms with Crippen molar-refractivity contribution < 1.29 is 27.0 Å². The minimum absolute atomic E-state index is 0.00188. The zero-order chi connectivity index (χ0) is 30.9. The molecule has 43 heavy (non-hydrogen) atoms. The van der Waals surface area contributed by atoms with Gasteiger partial charge < -0.3 is 9.47 Å². The summed E-state index contributed by atoms with van der Waals surface area (Å²) in [5, 5.41) is 3.36. The van der Waals surface area contributed by atoms with Gasteiger partial charge in [-0.05, 0) is 71.9 Å². The maximum absolute atomic E-state index is 14.2. The highest BCUT2D eigenvalue weighted by molar-refractivity contribution is 7.80. The van der Waals surface area contributed by atoms with Crippen LogP contribution in [0, 0.1) is 42.5 Å². The van der Waals surface area contributed by atoms with Crippen LogP contribution in [0.5, 0.6) is 0 Å². The molecule has 3 nitrogen and oxygen atoms in total. The SMILES string of the molecule is Cc1ccccc1P(c1ccccc1C)c1cc(COCc2c(F)c(F)cc(F)c2F)ccc1C1=N[C@@H](C(C)(C)C)CO1. The molecule has 0 bridgehead atoms. The quantitative estimate of drug-likeness (QED) is 0.118. The van der Waals surface area contributed by atoms with E-state index >= 15 is 0 Å². The van der Waals surface area contributed by atoms with Crippen LogP contribution >= 0.6 is 7.92 Å². The molecular formula is C35H34F4NO2P. The lowest BCUT2D eigenvalue weighted by molar-refractivity contribution is 0.101. The number of hydrogen-bond acceptors (Lipinski definition) is 3. The molecule has 0 N–H and O–H groups in total. The number of hydrogen-bond donors (Lipinski definition) is 0. The largest absolute Gasteiger partial charge is 0.475 e. The molecule has 1 atom stereocenters. The van der Waals surface area contributed by atoms with Crippen LogP contribution in [0.25, 0.3) is 0 Å². The van der Waals surface area contributed by atoms with Crippen molar-refractivity contribution >= 4 is 29.7 Å². The molecule has 0 saturated carbocycles. The maximum Gasteiger partial charge on any atom is 0.217 e. The summed E-state index contributed by atoms with van der Waals surface area (Å²) in [7, 11) is -1.10. The van der Waals surface area contributed by atoms with Crippen LogP contribution in [0.2, 0.25) is 0 Å². The molecule has 0 aromatic heterocycles. The van der Waals surface area contributed by atoms with Gasteiger partial charge in [0.15, 0.2) is 23.3 Å². The van der Waals surface area contributed by atoms with Gasteiger partial charge in [-0.25, -0.2) is 22.6 Å². The average molecular weight is 608 g/mol. The normalized spacial score (nSPS) is 15.1. The third-order valence-electron chi connectivity index (χ3n) is 7.61. The highest BCUT2D eigenvalue weighted by Crippen LogP contribution is 2.38. The van der Waals surface area contributed by atoms with Crippen LogP contribution in [-0.2, 0) is 22.7 Å². The fourth-order valence-electron chi connectivity index (χ4n) is 5.04. The number of rotatable bonds is 8. The molecule has 1 aliphatic rings. The van der Waals surface area contributed by atoms with Crippen molar-refractivity contribution in [1.82, 2.24) is 0 Å². The molecule has 8 heteroatoms. The van der Waals surface area contributed by atoms with Crippen molar-refractivity contribution in [3.8, 4) is 0 Å². The number of nitrogens with zero attached hydrogens (tertiary/aromatic N) is 1. The molecule has 0 amide bonds. The van der Waals surface area contributed by atoms with E-state index in [0.29, 0.717) is 12.5 Å². The van der Waals surface area contributed by atoms with Crippen LogP contribution in [0.3, 0.4) is 0 Å². The molecule has 5 rings (SSSR count). The predicted octanol–water partition coefficient (Wildman–Crippen LogP) is 7.53. The Balaban J connectivity index is 1.60. The highest BCUT2D eigenvalue weighted by atomic mass is 31.1. The van der Waals surface area contributed by atoms with Gasteiger partial charge in [0.25, 0.3) is 0 Å². The maximum atomic E-state index is 14.2. The summed E-state index contributed by atoms with van der Waals surface area (Å²) in [4.78, 5) is 4.99. The average Bonchev–Trinajstić information content (AvgIpc) is 3.47. The van der Waals surface area contributed by atoms with E-state index in [4.69, 9.17) is 14.5 Å². The van der Waals surface area contributed by atoms with Gasteiger partial charge in [0.05, 0.1) is 24.8 Å². The lowest BCUT2D eigenvalue weighted by Crippen LogP contribution is -2.28. The summed E-state index contributed by atoms with van der Waals surface area (Å²) in [5.74, 6) is -5.25. The van der Waals surface area contributed by atoms with Crippen molar-refractivity contribution in [2.45, 2.75) is 53.9 Å². The smallest absolute Gasteiger partial charge is 0.217 e. The summed E-state index contributed by atoms with van der Waals surface area (Å²) in [6.45, 7) is 10.4. The van der Waals surface area contributed by atoms with Gasteiger partial charge >= 0.3 is 0 Å². The molecular weight excluding hydrogens is 573 g/mol. The lowest BCUT2D eigenvalue weighted by atomic mass is 9.88. The van der Waals surface area contributed by atoms with Crippen LogP contribution in [0.1, 0.15) is 48.6 Å². The highest BCUT2D eigenvalue weighted by Gasteiger charge is 2.33. The summed E-state index contributed by atoms with van der Waals surface area (Å²) < 4.78 is 67.8. The van der Waals surface area contributed by atoms with Gasteiger partial charge in [-0.2, -0.15) is 0 Å². The number of ether oxygens (including phenoxy) is 2. The van der Waals surface area contributed by atoms with E-state index in [2.05, 4.69) is 58.9 Å². The van der Waals surface area contributed by atoms with Gasteiger partial charge in [-0.1, -0.05) is 75.4 Å². The Bertz CT molecular complexity index is 1610. The molecule has 224 valence electrons. The summed E-state index contributed by atoms with van der Waals surface area (Å²) >= 11 is 0. The Morgan fingerprint density at radius 3 is 1.91 bits per heavy atom. The first kappa shape index (κ1) is 30.9. The molecule has 4 aromatic carbocycles. The summed E-state index contributed by atoms with van der Waals surface area (Å²) in [6.07, 6.45) is 0. The molecule has 0 spiro atoms. The van der Waals surface area contributed by atoms with Crippen molar-refractivity contribution in [2.75, 3.05) is 6.61 Å². The molecule has 4 aromatic rings. The third kappa shape index (κ3) is 6.53. The zero-order valence-corrected chi connectivity index (χ0v) is 25.7. The van der Waals surface area contributed by atoms with E-state index in [1.807, 2.05) is 42.5 Å². The van der Waals surface area contributed by atoms with E-state index in [9.17, 15) is 17.6 Å². The van der Waals surface area contributed by atoms with Crippen molar-refractivity contribution in [3.63, 3.8) is 0 Å². The monoisotopic (exact) mass is 607 g/mol. The van der Waals surface area contributed by atoms with E-state index < -0.39 is 43.4 Å². The van der Waals surface area contributed by atoms with Crippen LogP contribution in [0.4, 0.5) is 17.6 Å². The van der Waals surface area contributed by atoms with E-state index in [-0.39, 0.29) is 24.1 Å². The van der Waals surface area contributed by atoms with E-state index in [1.54, 1.807) is 0 Å². The Kier molecular flexibility index (Phi) is 9.05. The fourth-order valence-corrected chi connectivity index (χ4v) is 7.85. The second-order valence-corrected chi connectivity index (χ2v) is 13.9. The Morgan fingerprint density at radius 1 is 0.791 bits per heavy atom. The van der Waals surface area contributed by atoms with Gasteiger partial charge in [0.2, 0.25) is 5.90 Å². The first-order valence-electron chi connectivity index (χ1n) is 14.1. The topological polar surface area (TPSA) is 30.8 Å². The number of aliphatic imine (C=N–C) groups is 1. The predicted molar refractivity (Wildman–Crippen MR) is 165 cm³/mol. The molecule has 0 fully saturated rings. The molecule has 1 heterocycles. The fraction of sp³-hybridized carbons (Fsp3) is 0.286. The van der Waals surface area contributed by atoms with Crippen molar-refractivity contribution in [1.29, 1.82) is 0 Å². The van der Waals surface area contributed by atoms with Gasteiger partial charge in [-0.3, -0.25) is 0 Å². The van der Waals surface area contributed by atoms with Crippen molar-refractivity contribution in [3.05, 3.63) is 124 Å². The third-order valence-corrected chi connectivity index (χ3v) is 10.4. The van der Waals surface area contributed by atoms with Crippen LogP contribution < -0.4 is 15.9 Å². The molecule has 1 aliphatic heterocycles. The number of aryl methyl sites for hydroxylation is 2. The second-order valence-electron chi connectivity index (χ2n) is 11.8. The first-order chi connectivity index (χ1) is 20.5. The Hall–Kier alpha value is -3.54. The van der Waals surface area contributed by atoms with Crippen LogP contribution in [0.15, 0.2) is 77.8 Å². The first-order valence-corrected chi connectivity index (χ1v) is 15.4. The minimum Gasteiger partial charge on any atom is -0.475 e. The molecule has 0 radical (unpaired) electrons. The zero-order valence-electron chi connectivity index (χ0n) is 24.8. The van der Waals surface area contributed by atoms with Crippen LogP contribution in [-0.4, -0.2) is 18.5 Å². The minimum atomic E-state index is -1.46. The number of halogens is 4. The number of benzene rings is 4. The Labute approximate surface area is 251 Å².